The van der Waals surface area contributed by atoms with Crippen LogP contribution in [-0.2, 0) is 0 Å². The molecule has 0 aliphatic carbocycles. The van der Waals surface area contributed by atoms with Crippen LogP contribution in [0.2, 0.25) is 0 Å². The molecule has 0 aromatic carbocycles. The Labute approximate surface area is 91.2 Å². The Kier molecular flexibility index (Phi) is 3.64. The van der Waals surface area contributed by atoms with E-state index in [1.807, 2.05) is 20.8 Å². The number of hydrogen-bond donors (Lipinski definition) is 1. The molecule has 0 saturated carbocycles. The normalized spacial score (nSPS) is 25.4. The Morgan fingerprint density at radius 3 is 2.36 bits per heavy atom. The zero-order valence-electron chi connectivity index (χ0n) is 9.74. The monoisotopic (exact) mass is 215 g/mol. The van der Waals surface area contributed by atoms with Gasteiger partial charge in [0.05, 0.1) is 11.1 Å². The molecule has 82 valence electrons. The first-order valence-corrected chi connectivity index (χ1v) is 6.19. The SMILES string of the molecule is CC(C)[C@H]1CSC([C@H](O)C(C)(C)C)=N1. The maximum Gasteiger partial charge on any atom is 0.106 e. The van der Waals surface area contributed by atoms with Gasteiger partial charge < -0.3 is 5.11 Å². The molecule has 0 aromatic heterocycles. The summed E-state index contributed by atoms with van der Waals surface area (Å²) in [6.45, 7) is 10.5. The van der Waals surface area contributed by atoms with Crippen molar-refractivity contribution in [2.75, 3.05) is 5.75 Å². The standard InChI is InChI=1S/C11H21NOS/c1-7(2)8-6-14-10(12-8)9(13)11(3,4)5/h7-9,13H,6H2,1-5H3/t8-,9+/m1/s1. The van der Waals surface area contributed by atoms with Crippen molar-refractivity contribution in [2.24, 2.45) is 16.3 Å². The Morgan fingerprint density at radius 1 is 1.43 bits per heavy atom. The number of hydrogen-bond acceptors (Lipinski definition) is 3. The Balaban J connectivity index is 2.68. The lowest BCUT2D eigenvalue weighted by Crippen LogP contribution is -2.31. The maximum atomic E-state index is 10.0. The molecule has 1 aliphatic rings. The average Bonchev–Trinajstić information content (AvgIpc) is 2.48. The molecule has 0 saturated heterocycles. The van der Waals surface area contributed by atoms with Crippen LogP contribution < -0.4 is 0 Å². The first kappa shape index (κ1) is 12.1. The summed E-state index contributed by atoms with van der Waals surface area (Å²) in [5.74, 6) is 1.60. The van der Waals surface area contributed by atoms with Crippen LogP contribution >= 0.6 is 11.8 Å². The lowest BCUT2D eigenvalue weighted by Gasteiger charge is -2.25. The van der Waals surface area contributed by atoms with Crippen molar-refractivity contribution in [3.05, 3.63) is 0 Å². The van der Waals surface area contributed by atoms with Gasteiger partial charge in [0.15, 0.2) is 0 Å². The molecule has 0 bridgehead atoms. The molecule has 1 heterocycles. The van der Waals surface area contributed by atoms with Crippen molar-refractivity contribution in [2.45, 2.75) is 46.8 Å². The minimum atomic E-state index is -0.406. The lowest BCUT2D eigenvalue weighted by atomic mass is 9.90. The summed E-state index contributed by atoms with van der Waals surface area (Å²) < 4.78 is 0. The van der Waals surface area contributed by atoms with E-state index in [0.717, 1.165) is 10.8 Å². The molecule has 0 fully saturated rings. The van der Waals surface area contributed by atoms with Crippen LogP contribution in [0.25, 0.3) is 0 Å². The number of nitrogens with zero attached hydrogens (tertiary/aromatic N) is 1. The Hall–Kier alpha value is -0.0200. The van der Waals surface area contributed by atoms with Crippen LogP contribution in [0.15, 0.2) is 4.99 Å². The van der Waals surface area contributed by atoms with E-state index in [2.05, 4.69) is 18.8 Å². The van der Waals surface area contributed by atoms with Gasteiger partial charge in [-0.15, -0.1) is 11.8 Å². The fourth-order valence-electron chi connectivity index (χ4n) is 1.27. The van der Waals surface area contributed by atoms with E-state index in [-0.39, 0.29) is 5.41 Å². The van der Waals surface area contributed by atoms with Gasteiger partial charge in [0.2, 0.25) is 0 Å². The quantitative estimate of drug-likeness (QED) is 0.768. The molecule has 2 nitrogen and oxygen atoms in total. The summed E-state index contributed by atoms with van der Waals surface area (Å²) in [5, 5.41) is 11.0. The van der Waals surface area contributed by atoms with Crippen molar-refractivity contribution in [3.8, 4) is 0 Å². The first-order valence-electron chi connectivity index (χ1n) is 5.21. The second-order valence-corrected chi connectivity index (χ2v) is 6.40. The molecule has 0 aromatic rings. The van der Waals surface area contributed by atoms with Crippen molar-refractivity contribution in [3.63, 3.8) is 0 Å². The highest BCUT2D eigenvalue weighted by Gasteiger charge is 2.32. The fourth-order valence-corrected chi connectivity index (χ4v) is 2.79. The summed E-state index contributed by atoms with van der Waals surface area (Å²) in [4.78, 5) is 4.58. The number of rotatable bonds is 2. The van der Waals surface area contributed by atoms with Gasteiger partial charge >= 0.3 is 0 Å². The average molecular weight is 215 g/mol. The summed E-state index contributed by atoms with van der Waals surface area (Å²) in [5.41, 5.74) is -0.0995. The summed E-state index contributed by atoms with van der Waals surface area (Å²) in [7, 11) is 0. The summed E-state index contributed by atoms with van der Waals surface area (Å²) in [6, 6.07) is 0.395. The van der Waals surface area contributed by atoms with Gasteiger partial charge in [-0.05, 0) is 11.3 Å². The molecule has 1 N–H and O–H groups in total. The number of thioether (sulfide) groups is 1. The third-order valence-corrected chi connectivity index (χ3v) is 3.65. The van der Waals surface area contributed by atoms with Gasteiger partial charge in [-0.2, -0.15) is 0 Å². The van der Waals surface area contributed by atoms with Crippen LogP contribution in [0, 0.1) is 11.3 Å². The zero-order valence-corrected chi connectivity index (χ0v) is 10.6. The predicted molar refractivity (Wildman–Crippen MR) is 64.0 cm³/mol. The van der Waals surface area contributed by atoms with Crippen LogP contribution in [0.3, 0.4) is 0 Å². The third kappa shape index (κ3) is 2.74. The topological polar surface area (TPSA) is 32.6 Å². The minimum Gasteiger partial charge on any atom is -0.386 e. The van der Waals surface area contributed by atoms with Crippen LogP contribution in [0.5, 0.6) is 0 Å². The molecule has 14 heavy (non-hydrogen) atoms. The molecular weight excluding hydrogens is 194 g/mol. The van der Waals surface area contributed by atoms with Crippen LogP contribution in [-0.4, -0.2) is 28.0 Å². The molecule has 1 rings (SSSR count). The second kappa shape index (κ2) is 4.23. The highest BCUT2D eigenvalue weighted by atomic mass is 32.2. The molecular formula is C11H21NOS. The van der Waals surface area contributed by atoms with E-state index >= 15 is 0 Å². The van der Waals surface area contributed by atoms with E-state index in [0.29, 0.717) is 12.0 Å². The van der Waals surface area contributed by atoms with E-state index < -0.39 is 6.10 Å². The van der Waals surface area contributed by atoms with Crippen molar-refractivity contribution in [1.82, 2.24) is 0 Å². The van der Waals surface area contributed by atoms with Crippen molar-refractivity contribution in [1.29, 1.82) is 0 Å². The van der Waals surface area contributed by atoms with Gasteiger partial charge in [0.25, 0.3) is 0 Å². The molecule has 0 unspecified atom stereocenters. The van der Waals surface area contributed by atoms with Gasteiger partial charge in [-0.1, -0.05) is 34.6 Å². The second-order valence-electron chi connectivity index (χ2n) is 5.36. The van der Waals surface area contributed by atoms with Gasteiger partial charge in [0.1, 0.15) is 6.10 Å². The maximum absolute atomic E-state index is 10.0. The molecule has 0 amide bonds. The largest absolute Gasteiger partial charge is 0.386 e. The summed E-state index contributed by atoms with van der Waals surface area (Å²) >= 11 is 1.71. The third-order valence-electron chi connectivity index (χ3n) is 2.52. The fraction of sp³-hybridized carbons (Fsp3) is 0.909. The predicted octanol–water partition coefficient (Wildman–Crippen LogP) is 2.56. The molecule has 0 spiro atoms. The minimum absolute atomic E-state index is 0.0995. The zero-order chi connectivity index (χ0) is 10.9. The van der Waals surface area contributed by atoms with Gasteiger partial charge in [-0.25, -0.2) is 0 Å². The van der Waals surface area contributed by atoms with Crippen LogP contribution in [0.4, 0.5) is 0 Å². The Bertz CT molecular complexity index is 230. The van der Waals surface area contributed by atoms with E-state index in [9.17, 15) is 5.11 Å². The van der Waals surface area contributed by atoms with E-state index in [4.69, 9.17) is 0 Å². The molecule has 0 radical (unpaired) electrons. The molecule has 1 aliphatic heterocycles. The lowest BCUT2D eigenvalue weighted by molar-refractivity contribution is 0.125. The van der Waals surface area contributed by atoms with Gasteiger partial charge in [0, 0.05) is 5.75 Å². The number of aliphatic imine (C=N–C) groups is 1. The number of aliphatic hydroxyl groups excluding tert-OH is 1. The van der Waals surface area contributed by atoms with E-state index in [1.54, 1.807) is 11.8 Å². The number of aliphatic hydroxyl groups is 1. The highest BCUT2D eigenvalue weighted by Crippen LogP contribution is 2.31. The molecule has 2 atom stereocenters. The van der Waals surface area contributed by atoms with E-state index in [1.165, 1.54) is 0 Å². The summed E-state index contributed by atoms with van der Waals surface area (Å²) in [6.07, 6.45) is -0.406. The smallest absolute Gasteiger partial charge is 0.106 e. The first-order chi connectivity index (χ1) is 6.32. The highest BCUT2D eigenvalue weighted by molar-refractivity contribution is 8.14. The van der Waals surface area contributed by atoms with Crippen LogP contribution in [0.1, 0.15) is 34.6 Å². The Morgan fingerprint density at radius 2 is 2.00 bits per heavy atom. The van der Waals surface area contributed by atoms with Gasteiger partial charge in [-0.3, -0.25) is 4.99 Å². The van der Waals surface area contributed by atoms with Crippen molar-refractivity contribution >= 4 is 16.8 Å². The van der Waals surface area contributed by atoms with Crippen molar-refractivity contribution < 1.29 is 5.11 Å². The molecule has 3 heteroatoms.